The van der Waals surface area contributed by atoms with Crippen molar-refractivity contribution in [2.75, 3.05) is 6.73 Å². The summed E-state index contributed by atoms with van der Waals surface area (Å²) in [5.41, 5.74) is 6.52. The summed E-state index contributed by atoms with van der Waals surface area (Å²) in [7, 11) is 0. The Hall–Kier alpha value is -1.02. The Balaban J connectivity index is 2.92. The lowest BCUT2D eigenvalue weighted by molar-refractivity contribution is 0.325. The molecule has 0 aliphatic heterocycles. The van der Waals surface area contributed by atoms with Crippen LogP contribution in [-0.4, -0.2) is 6.73 Å². The smallest absolute Gasteiger partial charge is 0.137 e. The molecule has 0 saturated carbocycles. The number of hydrogen-bond donors (Lipinski definition) is 1. The summed E-state index contributed by atoms with van der Waals surface area (Å²) in [4.78, 5) is 0. The average Bonchev–Trinajstić information content (AvgIpc) is 2.05. The summed E-state index contributed by atoms with van der Waals surface area (Å²) < 4.78 is 5.28. The van der Waals surface area contributed by atoms with Crippen molar-refractivity contribution in [3.63, 3.8) is 0 Å². The van der Waals surface area contributed by atoms with Gasteiger partial charge in [0.1, 0.15) is 12.5 Å². The lowest BCUT2D eigenvalue weighted by Crippen LogP contribution is -2.09. The highest BCUT2D eigenvalue weighted by Gasteiger charge is 2.04. The van der Waals surface area contributed by atoms with Crippen LogP contribution < -0.4 is 10.5 Å². The maximum atomic E-state index is 5.31. The maximum absolute atomic E-state index is 5.31. The van der Waals surface area contributed by atoms with Gasteiger partial charge >= 0.3 is 0 Å². The predicted octanol–water partition coefficient (Wildman–Crippen LogP) is 2.10. The molecule has 0 aliphatic rings. The lowest BCUT2D eigenvalue weighted by atomic mass is 10.0. The van der Waals surface area contributed by atoms with Gasteiger partial charge in [0.05, 0.1) is 0 Å². The highest BCUT2D eigenvalue weighted by Crippen LogP contribution is 2.25. The normalized spacial score (nSPS) is 10.3. The van der Waals surface area contributed by atoms with E-state index in [2.05, 4.69) is 19.9 Å². The molecular weight excluding hydrogens is 150 g/mol. The fourth-order valence-corrected chi connectivity index (χ4v) is 1.18. The average molecular weight is 165 g/mol. The van der Waals surface area contributed by atoms with Crippen LogP contribution in [0.3, 0.4) is 0 Å². The highest BCUT2D eigenvalue weighted by molar-refractivity contribution is 5.35. The van der Waals surface area contributed by atoms with Crippen LogP contribution in [0.1, 0.15) is 25.3 Å². The number of para-hydroxylation sites is 1. The van der Waals surface area contributed by atoms with Crippen molar-refractivity contribution in [3.8, 4) is 5.75 Å². The SMILES string of the molecule is CC(C)c1ccccc1OCN. The second-order valence-electron chi connectivity index (χ2n) is 3.00. The van der Waals surface area contributed by atoms with Gasteiger partial charge < -0.3 is 4.74 Å². The standard InChI is InChI=1S/C10H15NO/c1-8(2)9-5-3-4-6-10(9)12-7-11/h3-6,8H,7,11H2,1-2H3. The zero-order valence-corrected chi connectivity index (χ0v) is 7.58. The summed E-state index contributed by atoms with van der Waals surface area (Å²) in [6.45, 7) is 4.52. The molecule has 2 nitrogen and oxygen atoms in total. The molecule has 0 amide bonds. The molecule has 0 spiro atoms. The minimum Gasteiger partial charge on any atom is -0.478 e. The molecule has 1 rings (SSSR count). The molecular formula is C10H15NO. The first-order valence-corrected chi connectivity index (χ1v) is 4.17. The van der Waals surface area contributed by atoms with Gasteiger partial charge in [-0.05, 0) is 17.5 Å². The van der Waals surface area contributed by atoms with Gasteiger partial charge in [-0.15, -0.1) is 0 Å². The molecule has 2 N–H and O–H groups in total. The monoisotopic (exact) mass is 165 g/mol. The van der Waals surface area contributed by atoms with Crippen LogP contribution in [0, 0.1) is 0 Å². The fourth-order valence-electron chi connectivity index (χ4n) is 1.18. The van der Waals surface area contributed by atoms with E-state index in [-0.39, 0.29) is 6.73 Å². The molecule has 0 unspecified atom stereocenters. The van der Waals surface area contributed by atoms with Crippen molar-refractivity contribution in [3.05, 3.63) is 29.8 Å². The lowest BCUT2D eigenvalue weighted by Gasteiger charge is -2.11. The van der Waals surface area contributed by atoms with E-state index >= 15 is 0 Å². The summed E-state index contributed by atoms with van der Waals surface area (Å²) in [5, 5.41) is 0. The van der Waals surface area contributed by atoms with Gasteiger partial charge in [0.25, 0.3) is 0 Å². The zero-order chi connectivity index (χ0) is 8.97. The van der Waals surface area contributed by atoms with Gasteiger partial charge in [-0.2, -0.15) is 0 Å². The Labute approximate surface area is 73.3 Å². The van der Waals surface area contributed by atoms with E-state index in [1.165, 1.54) is 5.56 Å². The van der Waals surface area contributed by atoms with Gasteiger partial charge in [-0.25, -0.2) is 0 Å². The van der Waals surface area contributed by atoms with Gasteiger partial charge in [-0.1, -0.05) is 32.0 Å². The minimum atomic E-state index is 0.240. The molecule has 0 bridgehead atoms. The first-order chi connectivity index (χ1) is 5.75. The summed E-state index contributed by atoms with van der Waals surface area (Å²) in [6.07, 6.45) is 0. The molecule has 1 aromatic rings. The molecule has 0 saturated heterocycles. The van der Waals surface area contributed by atoms with Crippen LogP contribution >= 0.6 is 0 Å². The van der Waals surface area contributed by atoms with Crippen LogP contribution in [0.5, 0.6) is 5.75 Å². The number of nitrogens with two attached hydrogens (primary N) is 1. The number of ether oxygens (including phenoxy) is 1. The second kappa shape index (κ2) is 4.12. The molecule has 0 atom stereocenters. The minimum absolute atomic E-state index is 0.240. The van der Waals surface area contributed by atoms with Crippen LogP contribution in [-0.2, 0) is 0 Å². The molecule has 12 heavy (non-hydrogen) atoms. The molecule has 0 radical (unpaired) electrons. The summed E-state index contributed by atoms with van der Waals surface area (Å²) >= 11 is 0. The fraction of sp³-hybridized carbons (Fsp3) is 0.400. The van der Waals surface area contributed by atoms with Crippen LogP contribution in [0.4, 0.5) is 0 Å². The van der Waals surface area contributed by atoms with E-state index in [4.69, 9.17) is 10.5 Å². The topological polar surface area (TPSA) is 35.2 Å². The van der Waals surface area contributed by atoms with Crippen LogP contribution in [0.15, 0.2) is 24.3 Å². The first-order valence-electron chi connectivity index (χ1n) is 4.17. The van der Waals surface area contributed by atoms with E-state index in [1.54, 1.807) is 0 Å². The molecule has 0 aliphatic carbocycles. The Bertz CT molecular complexity index is 245. The van der Waals surface area contributed by atoms with E-state index in [0.717, 1.165) is 5.75 Å². The third-order valence-electron chi connectivity index (χ3n) is 1.78. The number of benzene rings is 1. The zero-order valence-electron chi connectivity index (χ0n) is 7.58. The molecule has 66 valence electrons. The Morgan fingerprint density at radius 2 is 2.00 bits per heavy atom. The van der Waals surface area contributed by atoms with Gasteiger partial charge in [0.15, 0.2) is 0 Å². The van der Waals surface area contributed by atoms with E-state index < -0.39 is 0 Å². The molecule has 0 fully saturated rings. The van der Waals surface area contributed by atoms with Crippen LogP contribution in [0.25, 0.3) is 0 Å². The molecule has 1 aromatic carbocycles. The van der Waals surface area contributed by atoms with Crippen molar-refractivity contribution in [2.45, 2.75) is 19.8 Å². The first kappa shape index (κ1) is 9.07. The van der Waals surface area contributed by atoms with Crippen molar-refractivity contribution < 1.29 is 4.74 Å². The Kier molecular flexibility index (Phi) is 3.11. The van der Waals surface area contributed by atoms with Crippen LogP contribution in [0.2, 0.25) is 0 Å². The van der Waals surface area contributed by atoms with Crippen molar-refractivity contribution in [1.82, 2.24) is 0 Å². The van der Waals surface area contributed by atoms with Gasteiger partial charge in [0.2, 0.25) is 0 Å². The van der Waals surface area contributed by atoms with E-state index in [0.29, 0.717) is 5.92 Å². The number of rotatable bonds is 3. The van der Waals surface area contributed by atoms with Gasteiger partial charge in [-0.3, -0.25) is 5.73 Å². The molecule has 0 aromatic heterocycles. The Morgan fingerprint density at radius 1 is 1.33 bits per heavy atom. The second-order valence-corrected chi connectivity index (χ2v) is 3.00. The predicted molar refractivity (Wildman–Crippen MR) is 50.2 cm³/mol. The summed E-state index contributed by atoms with van der Waals surface area (Å²) in [6, 6.07) is 7.98. The third-order valence-corrected chi connectivity index (χ3v) is 1.78. The van der Waals surface area contributed by atoms with Gasteiger partial charge in [0, 0.05) is 0 Å². The number of hydrogen-bond acceptors (Lipinski definition) is 2. The largest absolute Gasteiger partial charge is 0.478 e. The quantitative estimate of drug-likeness (QED) is 0.696. The van der Waals surface area contributed by atoms with E-state index in [1.807, 2.05) is 18.2 Å². The molecule has 2 heteroatoms. The maximum Gasteiger partial charge on any atom is 0.137 e. The van der Waals surface area contributed by atoms with Crippen molar-refractivity contribution in [1.29, 1.82) is 0 Å². The highest BCUT2D eigenvalue weighted by atomic mass is 16.5. The third kappa shape index (κ3) is 1.98. The molecule has 0 heterocycles. The van der Waals surface area contributed by atoms with Crippen molar-refractivity contribution >= 4 is 0 Å². The summed E-state index contributed by atoms with van der Waals surface area (Å²) in [5.74, 6) is 1.38. The van der Waals surface area contributed by atoms with E-state index in [9.17, 15) is 0 Å². The Morgan fingerprint density at radius 3 is 2.58 bits per heavy atom. The van der Waals surface area contributed by atoms with Crippen molar-refractivity contribution in [2.24, 2.45) is 5.73 Å².